The monoisotopic (exact) mass is 1830 g/mol. The van der Waals surface area contributed by atoms with Crippen LogP contribution in [0.1, 0.15) is 118 Å². The van der Waals surface area contributed by atoms with Crippen LogP contribution in [0.15, 0.2) is 120 Å². The number of nitrogens with two attached hydrogens (primary N) is 1. The Labute approximate surface area is 735 Å². The Kier molecular flexibility index (Phi) is 29.8. The second-order valence-electron chi connectivity index (χ2n) is 31.4. The number of hydrogen-bond acceptors (Lipinski definition) is 30. The smallest absolute Gasteiger partial charge is 0.508 e. The summed E-state index contributed by atoms with van der Waals surface area (Å²) >= 11 is 14.4. The van der Waals surface area contributed by atoms with Crippen LogP contribution in [0, 0.1) is 5.92 Å². The van der Waals surface area contributed by atoms with E-state index in [2.05, 4.69) is 68.4 Å². The van der Waals surface area contributed by atoms with Gasteiger partial charge in [-0.2, -0.15) is 4.98 Å². The lowest BCUT2D eigenvalue weighted by Crippen LogP contribution is -2.65. The van der Waals surface area contributed by atoms with Crippen LogP contribution in [-0.2, 0) is 70.3 Å². The van der Waals surface area contributed by atoms with Crippen molar-refractivity contribution in [1.29, 1.82) is 0 Å². The van der Waals surface area contributed by atoms with Crippen LogP contribution in [-0.4, -0.2) is 221 Å². The number of hydrogen-bond donors (Lipinski definition) is 21. The molecule has 45 heteroatoms. The highest BCUT2D eigenvalue weighted by Gasteiger charge is 2.53. The Hall–Kier alpha value is -12.1. The van der Waals surface area contributed by atoms with Crippen LogP contribution >= 0.6 is 23.2 Å². The molecule has 128 heavy (non-hydrogen) atoms. The van der Waals surface area contributed by atoms with E-state index in [1.54, 1.807) is 27.7 Å². The Morgan fingerprint density at radius 3 is 1.99 bits per heavy atom. The van der Waals surface area contributed by atoms with E-state index in [9.17, 15) is 83.1 Å². The van der Waals surface area contributed by atoms with Crippen molar-refractivity contribution in [3.63, 3.8) is 0 Å². The number of rotatable bonds is 23. The lowest BCUT2D eigenvalue weighted by Gasteiger charge is -2.48. The van der Waals surface area contributed by atoms with Gasteiger partial charge in [0.05, 0.1) is 47.7 Å². The molecule has 9 amide bonds. The van der Waals surface area contributed by atoms with Crippen molar-refractivity contribution < 1.29 is 135 Å². The number of amides is 9. The molecule has 7 aliphatic rings. The van der Waals surface area contributed by atoms with Gasteiger partial charge in [-0.3, -0.25) is 53.1 Å². The van der Waals surface area contributed by atoms with Crippen LogP contribution in [0.3, 0.4) is 0 Å². The molecule has 0 unspecified atom stereocenters. The van der Waals surface area contributed by atoms with E-state index in [0.717, 1.165) is 89.5 Å². The zero-order valence-corrected chi connectivity index (χ0v) is 70.4. The van der Waals surface area contributed by atoms with Gasteiger partial charge in [0.1, 0.15) is 107 Å². The van der Waals surface area contributed by atoms with E-state index in [1.165, 1.54) is 44.4 Å². The maximum atomic E-state index is 16.3. The summed E-state index contributed by atoms with van der Waals surface area (Å²) in [4.78, 5) is 150. The van der Waals surface area contributed by atoms with Gasteiger partial charge < -0.3 is 133 Å². The number of nitrogens with zero attached hydrogens (tertiary/aromatic N) is 2. The summed E-state index contributed by atoms with van der Waals surface area (Å²) in [5.41, 5.74) is 6.15. The third-order valence-electron chi connectivity index (χ3n) is 21.7. The van der Waals surface area contributed by atoms with Crippen molar-refractivity contribution in [2.24, 2.45) is 11.7 Å². The van der Waals surface area contributed by atoms with E-state index in [-0.39, 0.29) is 67.3 Å². The first-order valence-corrected chi connectivity index (χ1v) is 40.8. The molecule has 18 atom stereocenters. The van der Waals surface area contributed by atoms with E-state index in [0.29, 0.717) is 5.56 Å². The molecule has 1 aromatic heterocycles. The minimum atomic E-state index is -4.94. The van der Waals surface area contributed by atoms with Crippen LogP contribution < -0.4 is 89.1 Å². The van der Waals surface area contributed by atoms with Crippen molar-refractivity contribution in [3.05, 3.63) is 169 Å². The molecule has 0 aliphatic carbocycles. The fourth-order valence-corrected chi connectivity index (χ4v) is 15.7. The number of anilines is 1. The number of aromatic hydroxyl groups is 3. The van der Waals surface area contributed by atoms with E-state index >= 15 is 24.0 Å². The van der Waals surface area contributed by atoms with Crippen molar-refractivity contribution in [2.75, 3.05) is 32.1 Å². The number of primary amides is 1. The average molecular weight is 1830 g/mol. The molecule has 40 nitrogen and oxygen atoms in total. The van der Waals surface area contributed by atoms with Crippen molar-refractivity contribution in [2.45, 2.75) is 182 Å². The largest absolute Gasteiger partial charge is 0.573 e. The second-order valence-corrected chi connectivity index (χ2v) is 32.3. The molecule has 686 valence electrons. The highest BCUT2D eigenvalue weighted by molar-refractivity contribution is 6.32. The first-order chi connectivity index (χ1) is 60.6. The number of aliphatic hydroxyl groups excluding tert-OH is 6. The third-order valence-corrected chi connectivity index (χ3v) is 22.3. The number of ether oxygens (including phenoxy) is 7. The molecular weight excluding hydrogens is 1740 g/mol. The van der Waals surface area contributed by atoms with Gasteiger partial charge in [-0.15, -0.1) is 13.2 Å². The lowest BCUT2D eigenvalue weighted by molar-refractivity contribution is -0.334. The topological polar surface area (TPSA) is 594 Å². The number of halogens is 5. The number of hydrazine groups is 1. The molecule has 0 saturated carbocycles. The molecule has 0 radical (unpaired) electrons. The number of carbonyl (C=O) groups is 9. The summed E-state index contributed by atoms with van der Waals surface area (Å²) in [6, 6.07) is 5.37. The number of likely N-dealkylation sites (N-methyl/N-ethyl adjacent to an activating group) is 1. The first kappa shape index (κ1) is 95.0. The summed E-state index contributed by atoms with van der Waals surface area (Å²) in [7, 11) is 1.46. The molecule has 14 rings (SSSR count). The molecule has 6 aromatic carbocycles. The Bertz CT molecular complexity index is 5430. The van der Waals surface area contributed by atoms with Gasteiger partial charge in [0.15, 0.2) is 23.9 Å². The van der Waals surface area contributed by atoms with Crippen LogP contribution in [0.2, 0.25) is 10.0 Å². The van der Waals surface area contributed by atoms with Gasteiger partial charge in [0.2, 0.25) is 59.3 Å². The van der Waals surface area contributed by atoms with Crippen LogP contribution in [0.4, 0.5) is 19.0 Å². The molecule has 2 fully saturated rings. The summed E-state index contributed by atoms with van der Waals surface area (Å²) < 4.78 is 82.6. The Morgan fingerprint density at radius 1 is 0.734 bits per heavy atom. The van der Waals surface area contributed by atoms with Gasteiger partial charge in [0.25, 0.3) is 5.91 Å². The third kappa shape index (κ3) is 22.0. The average Bonchev–Trinajstić information content (AvgIpc) is 0.771. The number of fused-ring (bicyclic) bond motifs is 15. The molecule has 0 spiro atoms. The van der Waals surface area contributed by atoms with Gasteiger partial charge in [-0.1, -0.05) is 74.3 Å². The number of aliphatic hydroxyl groups is 6. The Balaban J connectivity index is 0.978. The molecule has 7 aliphatic heterocycles. The van der Waals surface area contributed by atoms with E-state index < -0.39 is 272 Å². The minimum absolute atomic E-state index is 0.0916. The quantitative estimate of drug-likeness (QED) is 0.0405. The van der Waals surface area contributed by atoms with E-state index in [1.807, 2.05) is 0 Å². The maximum absolute atomic E-state index is 16.3. The summed E-state index contributed by atoms with van der Waals surface area (Å²) in [5, 5.41) is 129. The maximum Gasteiger partial charge on any atom is 0.573 e. The van der Waals surface area contributed by atoms with Crippen molar-refractivity contribution in [1.82, 2.24) is 62.9 Å². The number of phenolic OH excluding ortho intramolecular Hbond substituents is 3. The highest BCUT2D eigenvalue weighted by Crippen LogP contribution is 2.50. The molecule has 8 heterocycles. The van der Waals surface area contributed by atoms with Gasteiger partial charge in [-0.05, 0) is 139 Å². The van der Waals surface area contributed by atoms with Crippen LogP contribution in [0.5, 0.6) is 51.7 Å². The summed E-state index contributed by atoms with van der Waals surface area (Å²) in [5.74, 6) is -16.8. The number of aromatic nitrogens is 2. The van der Waals surface area contributed by atoms with Gasteiger partial charge >= 0.3 is 12.1 Å². The zero-order valence-electron chi connectivity index (χ0n) is 68.8. The predicted molar refractivity (Wildman–Crippen MR) is 441 cm³/mol. The molecule has 11 bridgehead atoms. The second kappa shape index (κ2) is 40.1. The SMILES string of the molecule is CCNNC(=O)[C@@H]1NC(=O)[C@H]2NC(=O)[C@H](NC(=O)[C@@H]3NC(=O)[C@H](CC(N)=O)NC(=O)[C@H](NC(=O)[C@@H](CC(C)C)NC)[C@H](O)c4ccc(c(Cl)c4)Oc4cc3cc(c4O[C@@H]3O[C@H](CO)[C@@H](O)[C@H](O)[C@H]3O[C@H]3C[C@](C)(NCCn4ccc(NC(=O)Cc5ccc(OC(F)(F)F)cc5)nc4=O)[C@H](O)[C@H](C)O3)Oc3ccc(cc3Cl)[C@H]2O)c2ccc(O)c(c2)-c2c(O)cc(O)cc21. The molecular formula is C83H93Cl2F3N14O26. The molecule has 7 aromatic rings. The number of nitrogens with one attached hydrogen (secondary N) is 11. The first-order valence-electron chi connectivity index (χ1n) is 40.1. The molecule has 2 saturated heterocycles. The fraction of sp³-hybridized carbons (Fsp3) is 0.410. The van der Waals surface area contributed by atoms with E-state index in [4.69, 9.17) is 57.4 Å². The number of carbonyl (C=O) groups excluding carboxylic acids is 9. The van der Waals surface area contributed by atoms with Crippen molar-refractivity contribution >= 4 is 82.2 Å². The number of benzene rings is 6. The van der Waals surface area contributed by atoms with Gasteiger partial charge in [0, 0.05) is 55.0 Å². The normalized spacial score (nSPS) is 25.7. The standard InChI is InChI=1S/C83H93Cl2F3N14O26/c1-7-92-101-79(120)63-44-29-41(104)30-50(106)60(44)43-24-37(10-15-49(43)105)61-75(116)100-65(78(119)98-63)67(110)39-12-17-52(46(85)26-39)124-54-28-40-27-53(123-51-16-11-38(25-45(51)84)66(109)64(99-73(114)47(90-6)22-34(2)3)77(118)93-48(31-56(89)107)74(115)96-62(40)76(117)97-61)70(54)127-80-71(69(112)68(111)55(33-103)125-80)126-59-32-82(5,72(113)35(4)122-59)91-19-21-102-20-18-57(95-81(102)121)94-58(108)23-36-8-13-42(14-9-36)128-83(86,87)88/h8-18,20,24-30,34-35,47-48,55,59,61-69,71-72,80,90-92,103-106,109-113H,7,19,21-23,31-33H2,1-6H3,(H2,89,107)(H,93,118)(H,96,115)(H,97,117)(H,98,119)(H,99,114)(H,100,116)(H,101,120)(H,94,95,108,121)/t35-,47+,48-,55+,59-,61+,62+,63+,64+,65-,66+,67+,68+,69-,71+,72+,80-,82-/m0/s1. The minimum Gasteiger partial charge on any atom is -0.508 e. The molecule has 22 N–H and O–H groups in total. The van der Waals surface area contributed by atoms with Crippen molar-refractivity contribution in [3.8, 4) is 62.9 Å². The number of phenols is 3. The summed E-state index contributed by atoms with van der Waals surface area (Å²) in [6.45, 7) is 7.05. The number of alkyl halides is 3. The Morgan fingerprint density at radius 2 is 1.38 bits per heavy atom. The predicted octanol–water partition coefficient (Wildman–Crippen LogP) is 1.63. The summed E-state index contributed by atoms with van der Waals surface area (Å²) in [6.07, 6.45) is -23.8. The van der Waals surface area contributed by atoms with Gasteiger partial charge in [-0.25, -0.2) is 10.2 Å². The zero-order chi connectivity index (χ0) is 92.8. The highest BCUT2D eigenvalue weighted by atomic mass is 35.5. The fourth-order valence-electron chi connectivity index (χ4n) is 15.2. The lowest BCUT2D eigenvalue weighted by atomic mass is 9.85. The van der Waals surface area contributed by atoms with Crippen LogP contribution in [0.25, 0.3) is 11.1 Å².